The van der Waals surface area contributed by atoms with Crippen LogP contribution in [0.2, 0.25) is 0 Å². The van der Waals surface area contributed by atoms with Gasteiger partial charge in [-0.1, -0.05) is 0 Å². The molecule has 0 aliphatic rings. The third-order valence-electron chi connectivity index (χ3n) is 1.46. The van der Waals surface area contributed by atoms with Crippen molar-refractivity contribution in [1.29, 1.82) is 0 Å². The number of nitrogens with zero attached hydrogens (tertiary/aromatic N) is 1. The van der Waals surface area contributed by atoms with E-state index in [4.69, 9.17) is 0 Å². The lowest BCUT2D eigenvalue weighted by Crippen LogP contribution is -1.85. The van der Waals surface area contributed by atoms with Crippen molar-refractivity contribution in [2.75, 3.05) is 0 Å². The third-order valence-corrected chi connectivity index (χ3v) is 3.20. The minimum atomic E-state index is -0.880. The first-order valence-electron chi connectivity index (χ1n) is 3.07. The maximum atomic E-state index is 13.0. The summed E-state index contributed by atoms with van der Waals surface area (Å²) in [7, 11) is 0. The Morgan fingerprint density at radius 3 is 2.92 bits per heavy atom. The number of halogens is 3. The molecule has 0 amide bonds. The lowest BCUT2D eigenvalue weighted by atomic mass is 10.3. The Balaban J connectivity index is 2.97. The molecule has 1 aromatic heterocycles. The molecule has 0 saturated heterocycles. The fourth-order valence-electron chi connectivity index (χ4n) is 0.925. The van der Waals surface area contributed by atoms with Crippen LogP contribution in [0.1, 0.15) is 0 Å². The molecule has 1 heterocycles. The monoisotopic (exact) mass is 249 g/mol. The quantitative estimate of drug-likeness (QED) is 0.653. The Labute approximate surface area is 79.2 Å². The largest absolute Gasteiger partial charge is 0.241 e. The summed E-state index contributed by atoms with van der Waals surface area (Å²) in [5.41, 5.74) is 1.57. The van der Waals surface area contributed by atoms with E-state index in [0.717, 1.165) is 6.07 Å². The van der Waals surface area contributed by atoms with Crippen molar-refractivity contribution >= 4 is 37.5 Å². The molecule has 0 fully saturated rings. The molecule has 0 bridgehead atoms. The van der Waals surface area contributed by atoms with Gasteiger partial charge in [0, 0.05) is 4.47 Å². The average Bonchev–Trinajstić information content (AvgIpc) is 2.48. The highest BCUT2D eigenvalue weighted by atomic mass is 79.9. The summed E-state index contributed by atoms with van der Waals surface area (Å²) < 4.78 is 26.9. The van der Waals surface area contributed by atoms with Crippen LogP contribution in [0.25, 0.3) is 10.2 Å². The minimum absolute atomic E-state index is 0.0897. The van der Waals surface area contributed by atoms with Crippen LogP contribution in [0, 0.1) is 11.6 Å². The van der Waals surface area contributed by atoms with Gasteiger partial charge in [-0.05, 0) is 22.0 Å². The molecule has 62 valence electrons. The molecule has 12 heavy (non-hydrogen) atoms. The number of thiazole rings is 1. The molecule has 0 atom stereocenters. The molecule has 1 aromatic carbocycles. The van der Waals surface area contributed by atoms with Crippen molar-refractivity contribution in [1.82, 2.24) is 4.98 Å². The Kier molecular flexibility index (Phi) is 1.84. The van der Waals surface area contributed by atoms with E-state index in [1.165, 1.54) is 16.8 Å². The summed E-state index contributed by atoms with van der Waals surface area (Å²) in [6.07, 6.45) is 0. The molecule has 0 aliphatic carbocycles. The Morgan fingerprint density at radius 1 is 1.42 bits per heavy atom. The van der Waals surface area contributed by atoms with Gasteiger partial charge in [0.05, 0.1) is 10.2 Å². The zero-order valence-corrected chi connectivity index (χ0v) is 8.05. The summed E-state index contributed by atoms with van der Waals surface area (Å²) in [5.74, 6) is -1.75. The number of aromatic nitrogens is 1. The van der Waals surface area contributed by atoms with Crippen molar-refractivity contribution in [2.24, 2.45) is 0 Å². The molecule has 0 spiro atoms. The van der Waals surface area contributed by atoms with Crippen LogP contribution in [0.3, 0.4) is 0 Å². The Hall–Kier alpha value is -0.550. The van der Waals surface area contributed by atoms with E-state index < -0.39 is 11.6 Å². The standard InChI is InChI=1S/C7H2BrF2NS/c8-3-1-4(9)5(10)6-7(3)12-2-11-6/h1-2H. The summed E-state index contributed by atoms with van der Waals surface area (Å²) in [5, 5.41) is 0. The molecule has 1 nitrogen and oxygen atoms in total. The van der Waals surface area contributed by atoms with E-state index in [2.05, 4.69) is 20.9 Å². The van der Waals surface area contributed by atoms with E-state index in [-0.39, 0.29) is 5.52 Å². The third kappa shape index (κ3) is 1.04. The summed E-state index contributed by atoms with van der Waals surface area (Å²) in [6, 6.07) is 1.11. The summed E-state index contributed by atoms with van der Waals surface area (Å²) >= 11 is 4.40. The van der Waals surface area contributed by atoms with Crippen LogP contribution < -0.4 is 0 Å². The van der Waals surface area contributed by atoms with Crippen LogP contribution in [0.4, 0.5) is 8.78 Å². The second kappa shape index (κ2) is 2.74. The van der Waals surface area contributed by atoms with Crippen LogP contribution in [-0.2, 0) is 0 Å². The van der Waals surface area contributed by atoms with Gasteiger partial charge >= 0.3 is 0 Å². The topological polar surface area (TPSA) is 12.9 Å². The second-order valence-corrected chi connectivity index (χ2v) is 3.89. The van der Waals surface area contributed by atoms with Gasteiger partial charge < -0.3 is 0 Å². The Morgan fingerprint density at radius 2 is 2.17 bits per heavy atom. The van der Waals surface area contributed by atoms with E-state index in [1.54, 1.807) is 0 Å². The predicted octanol–water partition coefficient (Wildman–Crippen LogP) is 3.34. The molecular weight excluding hydrogens is 248 g/mol. The lowest BCUT2D eigenvalue weighted by molar-refractivity contribution is 0.515. The normalized spacial score (nSPS) is 10.9. The molecule has 2 aromatic rings. The summed E-state index contributed by atoms with van der Waals surface area (Å²) in [6.45, 7) is 0. The fraction of sp³-hybridized carbons (Fsp3) is 0. The first-order valence-corrected chi connectivity index (χ1v) is 4.74. The first kappa shape index (κ1) is 8.07. The maximum Gasteiger partial charge on any atom is 0.185 e. The van der Waals surface area contributed by atoms with Crippen LogP contribution in [0.5, 0.6) is 0 Å². The zero-order chi connectivity index (χ0) is 8.72. The van der Waals surface area contributed by atoms with Crippen LogP contribution >= 0.6 is 27.3 Å². The van der Waals surface area contributed by atoms with Crippen LogP contribution in [-0.4, -0.2) is 4.98 Å². The van der Waals surface area contributed by atoms with E-state index in [9.17, 15) is 8.78 Å². The molecule has 5 heteroatoms. The number of hydrogen-bond acceptors (Lipinski definition) is 2. The molecule has 2 rings (SSSR count). The highest BCUT2D eigenvalue weighted by Crippen LogP contribution is 2.30. The van der Waals surface area contributed by atoms with Crippen LogP contribution in [0.15, 0.2) is 16.0 Å². The van der Waals surface area contributed by atoms with Gasteiger partial charge in [0.15, 0.2) is 11.6 Å². The predicted molar refractivity (Wildman–Crippen MR) is 47.2 cm³/mol. The number of benzene rings is 1. The molecule has 0 aliphatic heterocycles. The SMILES string of the molecule is Fc1cc(Br)c2scnc2c1F. The second-order valence-electron chi connectivity index (χ2n) is 2.18. The van der Waals surface area contributed by atoms with Crippen molar-refractivity contribution in [3.63, 3.8) is 0 Å². The minimum Gasteiger partial charge on any atom is -0.241 e. The number of hydrogen-bond donors (Lipinski definition) is 0. The highest BCUT2D eigenvalue weighted by molar-refractivity contribution is 9.10. The van der Waals surface area contributed by atoms with Crippen molar-refractivity contribution in [2.45, 2.75) is 0 Å². The highest BCUT2D eigenvalue weighted by Gasteiger charge is 2.12. The van der Waals surface area contributed by atoms with Gasteiger partial charge in [-0.3, -0.25) is 0 Å². The summed E-state index contributed by atoms with van der Waals surface area (Å²) in [4.78, 5) is 3.71. The maximum absolute atomic E-state index is 13.0. The van der Waals surface area contributed by atoms with Gasteiger partial charge in [-0.15, -0.1) is 11.3 Å². The van der Waals surface area contributed by atoms with E-state index in [0.29, 0.717) is 9.17 Å². The van der Waals surface area contributed by atoms with Gasteiger partial charge in [0.2, 0.25) is 0 Å². The number of rotatable bonds is 0. The fourth-order valence-corrected chi connectivity index (χ4v) is 2.28. The van der Waals surface area contributed by atoms with E-state index >= 15 is 0 Å². The molecule has 0 unspecified atom stereocenters. The lowest BCUT2D eigenvalue weighted by Gasteiger charge is -1.95. The molecule has 0 radical (unpaired) electrons. The molecular formula is C7H2BrF2NS. The number of fused-ring (bicyclic) bond motifs is 1. The van der Waals surface area contributed by atoms with Gasteiger partial charge in [-0.25, -0.2) is 13.8 Å². The van der Waals surface area contributed by atoms with Gasteiger partial charge in [-0.2, -0.15) is 0 Å². The Bertz CT molecular complexity index is 440. The van der Waals surface area contributed by atoms with Crippen molar-refractivity contribution in [3.05, 3.63) is 27.7 Å². The van der Waals surface area contributed by atoms with Gasteiger partial charge in [0.1, 0.15) is 5.52 Å². The average molecular weight is 250 g/mol. The molecule has 0 saturated carbocycles. The first-order chi connectivity index (χ1) is 5.70. The van der Waals surface area contributed by atoms with Gasteiger partial charge in [0.25, 0.3) is 0 Å². The van der Waals surface area contributed by atoms with Crippen molar-refractivity contribution < 1.29 is 8.78 Å². The zero-order valence-electron chi connectivity index (χ0n) is 5.64. The smallest absolute Gasteiger partial charge is 0.185 e. The van der Waals surface area contributed by atoms with E-state index in [1.807, 2.05) is 0 Å². The molecule has 0 N–H and O–H groups in total. The van der Waals surface area contributed by atoms with Crippen molar-refractivity contribution in [3.8, 4) is 0 Å².